The summed E-state index contributed by atoms with van der Waals surface area (Å²) in [5.74, 6) is 1.57. The molecule has 3 aromatic rings. The number of rotatable bonds is 5. The number of nitrogens with one attached hydrogen (secondary N) is 1. The minimum atomic E-state index is 0.233. The predicted octanol–water partition coefficient (Wildman–Crippen LogP) is 3.11. The lowest BCUT2D eigenvalue weighted by molar-refractivity contribution is 0.873. The van der Waals surface area contributed by atoms with Crippen molar-refractivity contribution < 1.29 is 0 Å². The molecule has 29 heavy (non-hydrogen) atoms. The number of aromatic nitrogens is 4. The summed E-state index contributed by atoms with van der Waals surface area (Å²) in [6, 6.07) is 9.64. The van der Waals surface area contributed by atoms with Crippen LogP contribution in [0.15, 0.2) is 48.3 Å². The van der Waals surface area contributed by atoms with Crippen LogP contribution < -0.4 is 20.9 Å². The first-order valence-corrected chi connectivity index (χ1v) is 9.91. The fourth-order valence-electron chi connectivity index (χ4n) is 3.22. The average molecular weight is 427 g/mol. The first-order valence-electron chi connectivity index (χ1n) is 9.15. The average Bonchev–Trinajstić information content (AvgIpc) is 2.87. The van der Waals surface area contributed by atoms with E-state index in [1.807, 2.05) is 49.3 Å². The number of hydrogen-bond donors (Lipinski definition) is 1. The number of nitrogens with zero attached hydrogens (tertiary/aromatic N) is 5. The van der Waals surface area contributed by atoms with Gasteiger partial charge in [0.1, 0.15) is 5.82 Å². The van der Waals surface area contributed by atoms with E-state index in [4.69, 9.17) is 28.2 Å². The van der Waals surface area contributed by atoms with Crippen LogP contribution in [0.5, 0.6) is 0 Å². The molecule has 1 aliphatic rings. The van der Waals surface area contributed by atoms with Gasteiger partial charge in [-0.2, -0.15) is 0 Å². The van der Waals surface area contributed by atoms with Gasteiger partial charge in [0.05, 0.1) is 10.7 Å². The van der Waals surface area contributed by atoms with Crippen molar-refractivity contribution in [1.82, 2.24) is 19.5 Å². The monoisotopic (exact) mass is 426 g/mol. The van der Waals surface area contributed by atoms with Crippen molar-refractivity contribution in [2.24, 2.45) is 7.05 Å². The number of allylic oxidation sites excluding steroid dienone is 2. The molecule has 0 atom stereocenters. The maximum absolute atomic E-state index is 6.07. The molecule has 0 spiro atoms. The molecule has 1 aromatic carbocycles. The van der Waals surface area contributed by atoms with E-state index in [1.54, 1.807) is 6.20 Å². The van der Waals surface area contributed by atoms with E-state index in [1.165, 1.54) is 0 Å². The zero-order valence-corrected chi connectivity index (χ0v) is 17.6. The van der Waals surface area contributed by atoms with Gasteiger partial charge in [0, 0.05) is 44.0 Å². The van der Waals surface area contributed by atoms with E-state index in [0.717, 1.165) is 45.2 Å². The lowest BCUT2D eigenvalue weighted by Gasteiger charge is -2.20. The van der Waals surface area contributed by atoms with E-state index in [9.17, 15) is 0 Å². The fourth-order valence-corrected chi connectivity index (χ4v) is 3.57. The van der Waals surface area contributed by atoms with Crippen LogP contribution in [0.4, 0.5) is 11.8 Å². The lowest BCUT2D eigenvalue weighted by atomic mass is 10.2. The Kier molecular flexibility index (Phi) is 5.56. The largest absolute Gasteiger partial charge is 0.352 e. The molecule has 0 saturated heterocycles. The molecule has 2 heterocycles. The van der Waals surface area contributed by atoms with E-state index in [0.29, 0.717) is 6.54 Å². The zero-order chi connectivity index (χ0) is 20.4. The Morgan fingerprint density at radius 2 is 2.03 bits per heavy atom. The second kappa shape index (κ2) is 8.27. The third kappa shape index (κ3) is 4.28. The van der Waals surface area contributed by atoms with Gasteiger partial charge in [0.25, 0.3) is 0 Å². The van der Waals surface area contributed by atoms with Gasteiger partial charge in [-0.05, 0) is 47.5 Å². The summed E-state index contributed by atoms with van der Waals surface area (Å²) in [7, 11) is 3.97. The van der Waals surface area contributed by atoms with Crippen molar-refractivity contribution in [1.29, 1.82) is 0 Å². The normalized spacial score (nSPS) is 12.9. The molecule has 1 N–H and O–H groups in total. The molecule has 1 aliphatic carbocycles. The van der Waals surface area contributed by atoms with Crippen LogP contribution in [-0.4, -0.2) is 26.6 Å². The van der Waals surface area contributed by atoms with Crippen molar-refractivity contribution >= 4 is 47.1 Å². The van der Waals surface area contributed by atoms with Crippen molar-refractivity contribution in [2.75, 3.05) is 17.3 Å². The Labute approximate surface area is 178 Å². The van der Waals surface area contributed by atoms with Crippen molar-refractivity contribution in [2.45, 2.75) is 13.0 Å². The second-order valence-corrected chi connectivity index (χ2v) is 7.50. The third-order valence-electron chi connectivity index (χ3n) is 4.83. The van der Waals surface area contributed by atoms with Crippen molar-refractivity contribution in [3.63, 3.8) is 0 Å². The Bertz CT molecular complexity index is 1200. The highest BCUT2D eigenvalue weighted by molar-refractivity contribution is 6.30. The van der Waals surface area contributed by atoms with Gasteiger partial charge in [-0.1, -0.05) is 29.8 Å². The number of hydrogen-bond acceptors (Lipinski definition) is 5. The molecule has 0 fully saturated rings. The Morgan fingerprint density at radius 1 is 1.17 bits per heavy atom. The summed E-state index contributed by atoms with van der Waals surface area (Å²) in [6.45, 7) is 0.655. The summed E-state index contributed by atoms with van der Waals surface area (Å²) in [6.07, 6.45) is 8.66. The van der Waals surface area contributed by atoms with Crippen LogP contribution in [0.2, 0.25) is 10.3 Å². The van der Waals surface area contributed by atoms with Gasteiger partial charge < -0.3 is 14.8 Å². The van der Waals surface area contributed by atoms with Crippen molar-refractivity contribution in [3.8, 4) is 0 Å². The van der Waals surface area contributed by atoms with Gasteiger partial charge >= 0.3 is 0 Å². The van der Waals surface area contributed by atoms with Gasteiger partial charge in [-0.15, -0.1) is 0 Å². The quantitative estimate of drug-likeness (QED) is 0.635. The Morgan fingerprint density at radius 3 is 2.83 bits per heavy atom. The van der Waals surface area contributed by atoms with Crippen LogP contribution in [0, 0.1) is 0 Å². The lowest BCUT2D eigenvalue weighted by Crippen LogP contribution is -2.28. The second-order valence-electron chi connectivity index (χ2n) is 6.72. The molecule has 4 rings (SSSR count). The molecule has 0 amide bonds. The van der Waals surface area contributed by atoms with Crippen LogP contribution in [0.3, 0.4) is 0 Å². The summed E-state index contributed by atoms with van der Waals surface area (Å²) in [5, 5.41) is 6.34. The molecular formula is C21H20Cl2N6. The van der Waals surface area contributed by atoms with Crippen LogP contribution in [0.1, 0.15) is 12.0 Å². The van der Waals surface area contributed by atoms with E-state index < -0.39 is 0 Å². The third-order valence-corrected chi connectivity index (χ3v) is 5.25. The number of benzene rings is 1. The first-order chi connectivity index (χ1) is 14.0. The standard InChI is InChI=1S/C21H20Cl2N6/c1-28(19-10-11-24-20(23)27-19)16-6-8-17-18(9-7-16)29(2)21(26-17)25-13-14-4-3-5-15(22)12-14/h3-5,7-12H,6,13H2,1-2H3,(H,25,26). The molecule has 0 bridgehead atoms. The zero-order valence-electron chi connectivity index (χ0n) is 16.1. The molecule has 0 aliphatic heterocycles. The van der Waals surface area contributed by atoms with Crippen LogP contribution >= 0.6 is 23.2 Å². The van der Waals surface area contributed by atoms with Gasteiger partial charge in [0.15, 0.2) is 0 Å². The summed E-state index contributed by atoms with van der Waals surface area (Å²) in [4.78, 5) is 15.0. The Balaban J connectivity index is 1.57. The van der Waals surface area contributed by atoms with E-state index >= 15 is 0 Å². The number of fused-ring (bicyclic) bond motifs is 1. The molecule has 148 valence electrons. The van der Waals surface area contributed by atoms with E-state index in [-0.39, 0.29) is 5.28 Å². The summed E-state index contributed by atoms with van der Waals surface area (Å²) >= 11 is 12.0. The molecule has 2 aromatic heterocycles. The highest BCUT2D eigenvalue weighted by Gasteiger charge is 2.11. The molecule has 6 nitrogen and oxygen atoms in total. The highest BCUT2D eigenvalue weighted by Crippen LogP contribution is 2.19. The Hall–Kier alpha value is -2.83. The molecule has 0 unspecified atom stereocenters. The molecule has 0 radical (unpaired) electrons. The summed E-state index contributed by atoms with van der Waals surface area (Å²) in [5.41, 5.74) is 2.20. The smallest absolute Gasteiger partial charge is 0.224 e. The van der Waals surface area contributed by atoms with Gasteiger partial charge in [-0.25, -0.2) is 15.0 Å². The summed E-state index contributed by atoms with van der Waals surface area (Å²) < 4.78 is 2.05. The maximum Gasteiger partial charge on any atom is 0.224 e. The van der Waals surface area contributed by atoms with Gasteiger partial charge in [0.2, 0.25) is 11.2 Å². The number of anilines is 2. The van der Waals surface area contributed by atoms with Gasteiger partial charge in [-0.3, -0.25) is 0 Å². The van der Waals surface area contributed by atoms with E-state index in [2.05, 4.69) is 38.1 Å². The molecule has 8 heteroatoms. The predicted molar refractivity (Wildman–Crippen MR) is 118 cm³/mol. The SMILES string of the molecule is CN(C1=CC=c2c(nc(NCc3cccc(Cl)c3)n2C)=CC1)c1ccnc(Cl)n1. The van der Waals surface area contributed by atoms with Crippen LogP contribution in [-0.2, 0) is 13.6 Å². The number of imidazole rings is 1. The molecule has 0 saturated carbocycles. The van der Waals surface area contributed by atoms with Crippen molar-refractivity contribution in [3.05, 3.63) is 74.9 Å². The first kappa shape index (κ1) is 19.5. The highest BCUT2D eigenvalue weighted by atomic mass is 35.5. The minimum Gasteiger partial charge on any atom is -0.352 e. The molecular weight excluding hydrogens is 407 g/mol. The fraction of sp³-hybridized carbons (Fsp3) is 0.190. The topological polar surface area (TPSA) is 58.9 Å². The van der Waals surface area contributed by atoms with Crippen LogP contribution in [0.25, 0.3) is 12.2 Å². The number of halogens is 2. The maximum atomic E-state index is 6.07. The minimum absolute atomic E-state index is 0.233.